The fraction of sp³-hybridized carbons (Fsp3) is 0.273. The molecule has 0 N–H and O–H groups in total. The summed E-state index contributed by atoms with van der Waals surface area (Å²) in [5, 5.41) is 0. The molecule has 0 unspecified atom stereocenters. The molecule has 0 saturated heterocycles. The lowest BCUT2D eigenvalue weighted by Gasteiger charge is -2.08. The van der Waals surface area contributed by atoms with E-state index < -0.39 is 0 Å². The van der Waals surface area contributed by atoms with Crippen LogP contribution in [0.1, 0.15) is 11.1 Å². The van der Waals surface area contributed by atoms with E-state index in [4.69, 9.17) is 14.2 Å². The van der Waals surface area contributed by atoms with E-state index in [1.165, 1.54) is 11.3 Å². The van der Waals surface area contributed by atoms with E-state index in [-0.39, 0.29) is 12.3 Å². The van der Waals surface area contributed by atoms with E-state index in [0.29, 0.717) is 22.8 Å². The van der Waals surface area contributed by atoms with Gasteiger partial charge in [-0.05, 0) is 36.2 Å². The average Bonchev–Trinajstić information content (AvgIpc) is 3.05. The molecule has 0 spiro atoms. The highest BCUT2D eigenvalue weighted by atomic mass is 32.1. The van der Waals surface area contributed by atoms with Crippen molar-refractivity contribution in [2.75, 3.05) is 21.3 Å². The zero-order valence-electron chi connectivity index (χ0n) is 17.0. The third-order valence-corrected chi connectivity index (χ3v) is 5.63. The number of ether oxygens (including phenoxy) is 3. The highest BCUT2D eigenvalue weighted by molar-refractivity contribution is 7.16. The molecule has 1 aromatic heterocycles. The Labute approximate surface area is 173 Å². The normalized spacial score (nSPS) is 11.5. The second kappa shape index (κ2) is 8.96. The second-order valence-corrected chi connectivity index (χ2v) is 7.40. The summed E-state index contributed by atoms with van der Waals surface area (Å²) in [7, 11) is 4.86. The van der Waals surface area contributed by atoms with Crippen molar-refractivity contribution in [1.29, 1.82) is 0 Å². The van der Waals surface area contributed by atoms with E-state index in [0.717, 1.165) is 27.1 Å². The molecule has 1 heterocycles. The summed E-state index contributed by atoms with van der Waals surface area (Å²) in [4.78, 5) is 17.7. The number of fused-ring (bicyclic) bond motifs is 1. The summed E-state index contributed by atoms with van der Waals surface area (Å²) in [6.07, 6.45) is 1.98. The van der Waals surface area contributed by atoms with Gasteiger partial charge >= 0.3 is 0 Å². The first-order valence-electron chi connectivity index (χ1n) is 9.08. The topological polar surface area (TPSA) is 62.1 Å². The Morgan fingerprint density at radius 2 is 1.76 bits per heavy atom. The third kappa shape index (κ3) is 4.19. The standard InChI is InChI=1S/C22H24N2O4S/c1-6-11-24-20-17(27-4)9-10-18(28-5)21(20)29-22(24)23-19(25)13-15-7-8-16(26-3)14(2)12-15/h6-10,12H,1,11,13H2,2-5H3. The molecule has 0 bridgehead atoms. The molecule has 2 aromatic carbocycles. The molecular weight excluding hydrogens is 388 g/mol. The number of carbonyl (C=O) groups excluding carboxylic acids is 1. The Balaban J connectivity index is 2.06. The molecule has 152 valence electrons. The number of aromatic nitrogens is 1. The summed E-state index contributed by atoms with van der Waals surface area (Å²) in [5.41, 5.74) is 2.71. The first-order valence-corrected chi connectivity index (χ1v) is 9.90. The van der Waals surface area contributed by atoms with Gasteiger partial charge in [-0.1, -0.05) is 29.5 Å². The third-order valence-electron chi connectivity index (χ3n) is 4.54. The van der Waals surface area contributed by atoms with Crippen LogP contribution in [0.2, 0.25) is 0 Å². The number of benzene rings is 2. The van der Waals surface area contributed by atoms with Crippen molar-refractivity contribution in [2.24, 2.45) is 4.99 Å². The molecular formula is C22H24N2O4S. The zero-order chi connectivity index (χ0) is 21.0. The Kier molecular flexibility index (Phi) is 6.39. The Hall–Kier alpha value is -3.06. The lowest BCUT2D eigenvalue weighted by Crippen LogP contribution is -2.17. The fourth-order valence-electron chi connectivity index (χ4n) is 3.21. The van der Waals surface area contributed by atoms with Crippen LogP contribution in [0, 0.1) is 6.92 Å². The van der Waals surface area contributed by atoms with E-state index in [2.05, 4.69) is 11.6 Å². The van der Waals surface area contributed by atoms with Crippen LogP contribution in [0.15, 0.2) is 48.0 Å². The van der Waals surface area contributed by atoms with Crippen LogP contribution in [-0.2, 0) is 17.8 Å². The first kappa shape index (κ1) is 20.7. The number of allylic oxidation sites excluding steroid dienone is 1. The van der Waals surface area contributed by atoms with Crippen molar-refractivity contribution in [1.82, 2.24) is 4.57 Å². The van der Waals surface area contributed by atoms with Crippen LogP contribution in [0.4, 0.5) is 0 Å². The largest absolute Gasteiger partial charge is 0.496 e. The number of carbonyl (C=O) groups is 1. The van der Waals surface area contributed by atoms with Crippen LogP contribution < -0.4 is 19.0 Å². The molecule has 0 radical (unpaired) electrons. The maximum atomic E-state index is 12.7. The Bertz CT molecular complexity index is 1130. The number of hydrogen-bond donors (Lipinski definition) is 0. The van der Waals surface area contributed by atoms with E-state index in [1.807, 2.05) is 41.8 Å². The van der Waals surface area contributed by atoms with E-state index >= 15 is 0 Å². The lowest BCUT2D eigenvalue weighted by molar-refractivity contribution is -0.117. The minimum absolute atomic E-state index is 0.210. The highest BCUT2D eigenvalue weighted by Gasteiger charge is 2.16. The number of methoxy groups -OCH3 is 3. The van der Waals surface area contributed by atoms with Crippen LogP contribution in [0.5, 0.6) is 17.2 Å². The van der Waals surface area contributed by atoms with Crippen molar-refractivity contribution in [3.63, 3.8) is 0 Å². The molecule has 6 nitrogen and oxygen atoms in total. The highest BCUT2D eigenvalue weighted by Crippen LogP contribution is 2.35. The lowest BCUT2D eigenvalue weighted by atomic mass is 10.1. The predicted molar refractivity (Wildman–Crippen MR) is 115 cm³/mol. The SMILES string of the molecule is C=CCn1c(=NC(=O)Cc2ccc(OC)c(C)c2)sc2c(OC)ccc(OC)c21. The van der Waals surface area contributed by atoms with Gasteiger partial charge in [-0.15, -0.1) is 6.58 Å². The molecule has 0 aliphatic rings. The quantitative estimate of drug-likeness (QED) is 0.553. The summed E-state index contributed by atoms with van der Waals surface area (Å²) >= 11 is 1.40. The van der Waals surface area contributed by atoms with Crippen LogP contribution in [-0.4, -0.2) is 31.8 Å². The van der Waals surface area contributed by atoms with Gasteiger partial charge in [0.25, 0.3) is 5.91 Å². The minimum atomic E-state index is -0.225. The molecule has 29 heavy (non-hydrogen) atoms. The smallest absolute Gasteiger partial charge is 0.252 e. The molecule has 0 saturated carbocycles. The maximum absolute atomic E-state index is 12.7. The first-order chi connectivity index (χ1) is 14.0. The molecule has 7 heteroatoms. The predicted octanol–water partition coefficient (Wildman–Crippen LogP) is 3.89. The molecule has 0 aliphatic heterocycles. The number of aryl methyl sites for hydroxylation is 1. The summed E-state index contributed by atoms with van der Waals surface area (Å²) in [6.45, 7) is 6.28. The van der Waals surface area contributed by atoms with Gasteiger partial charge in [0.05, 0.1) is 27.8 Å². The molecule has 1 amide bonds. The summed E-state index contributed by atoms with van der Waals surface area (Å²) in [5.74, 6) is 1.98. The van der Waals surface area contributed by atoms with Gasteiger partial charge in [-0.25, -0.2) is 0 Å². The van der Waals surface area contributed by atoms with Crippen LogP contribution >= 0.6 is 11.3 Å². The monoisotopic (exact) mass is 412 g/mol. The van der Waals surface area contributed by atoms with Gasteiger partial charge in [0.2, 0.25) is 0 Å². The Morgan fingerprint density at radius 3 is 2.38 bits per heavy atom. The zero-order valence-corrected chi connectivity index (χ0v) is 17.8. The fourth-order valence-corrected chi connectivity index (χ4v) is 4.37. The van der Waals surface area contributed by atoms with Crippen molar-refractivity contribution in [3.05, 3.63) is 58.9 Å². The molecule has 0 atom stereocenters. The molecule has 0 aliphatic carbocycles. The van der Waals surface area contributed by atoms with Crippen molar-refractivity contribution in [3.8, 4) is 17.2 Å². The maximum Gasteiger partial charge on any atom is 0.252 e. The van der Waals surface area contributed by atoms with Gasteiger partial charge in [-0.2, -0.15) is 4.99 Å². The van der Waals surface area contributed by atoms with Crippen molar-refractivity contribution in [2.45, 2.75) is 19.9 Å². The molecule has 0 fully saturated rings. The average molecular weight is 413 g/mol. The summed E-state index contributed by atoms with van der Waals surface area (Å²) < 4.78 is 19.1. The van der Waals surface area contributed by atoms with Crippen molar-refractivity contribution >= 4 is 27.5 Å². The Morgan fingerprint density at radius 1 is 1.10 bits per heavy atom. The molecule has 3 aromatic rings. The number of hydrogen-bond acceptors (Lipinski definition) is 5. The van der Waals surface area contributed by atoms with Gasteiger partial charge in [0.15, 0.2) is 4.80 Å². The number of amides is 1. The van der Waals surface area contributed by atoms with Gasteiger partial charge in [-0.3, -0.25) is 4.79 Å². The molecule has 3 rings (SSSR count). The van der Waals surface area contributed by atoms with Crippen molar-refractivity contribution < 1.29 is 19.0 Å². The number of nitrogens with zero attached hydrogens (tertiary/aromatic N) is 2. The number of thiazole rings is 1. The van der Waals surface area contributed by atoms with Gasteiger partial charge < -0.3 is 18.8 Å². The van der Waals surface area contributed by atoms with Crippen LogP contribution in [0.3, 0.4) is 0 Å². The van der Waals surface area contributed by atoms with E-state index in [1.54, 1.807) is 27.4 Å². The summed E-state index contributed by atoms with van der Waals surface area (Å²) in [6, 6.07) is 9.39. The second-order valence-electron chi connectivity index (χ2n) is 6.42. The van der Waals surface area contributed by atoms with E-state index in [9.17, 15) is 4.79 Å². The van der Waals surface area contributed by atoms with Gasteiger partial charge in [0, 0.05) is 6.54 Å². The number of rotatable bonds is 7. The van der Waals surface area contributed by atoms with Gasteiger partial charge in [0.1, 0.15) is 27.5 Å². The minimum Gasteiger partial charge on any atom is -0.496 e. The van der Waals surface area contributed by atoms with Crippen LogP contribution in [0.25, 0.3) is 10.2 Å².